The van der Waals surface area contributed by atoms with E-state index in [9.17, 15) is 0 Å². The van der Waals surface area contributed by atoms with E-state index in [0.29, 0.717) is 11.7 Å². The third-order valence-corrected chi connectivity index (χ3v) is 5.44. The zero-order valence-corrected chi connectivity index (χ0v) is 20.3. The Bertz CT molecular complexity index is 1060. The van der Waals surface area contributed by atoms with E-state index in [-0.39, 0.29) is 5.11 Å². The molecule has 3 aromatic rings. The van der Waals surface area contributed by atoms with E-state index in [0.717, 1.165) is 53.8 Å². The first-order valence-electron chi connectivity index (χ1n) is 11.3. The van der Waals surface area contributed by atoms with Gasteiger partial charge in [-0.1, -0.05) is 37.8 Å². The van der Waals surface area contributed by atoms with Crippen molar-refractivity contribution < 1.29 is 4.74 Å². The van der Waals surface area contributed by atoms with Crippen LogP contribution in [0, 0.1) is 0 Å². The molecule has 0 atom stereocenters. The largest absolute Gasteiger partial charge is 0.494 e. The van der Waals surface area contributed by atoms with Crippen molar-refractivity contribution in [3.63, 3.8) is 0 Å². The van der Waals surface area contributed by atoms with Crippen LogP contribution >= 0.6 is 24.4 Å². The maximum Gasteiger partial charge on any atom is 0.170 e. The fourth-order valence-electron chi connectivity index (χ4n) is 3.46. The molecule has 0 aliphatic carbocycles. The van der Waals surface area contributed by atoms with Gasteiger partial charge < -0.3 is 26.4 Å². The number of thiocarbonyl (C=S) groups is 2. The van der Waals surface area contributed by atoms with Crippen LogP contribution in [0.2, 0.25) is 0 Å². The lowest BCUT2D eigenvalue weighted by atomic mass is 10.1. The highest BCUT2D eigenvalue weighted by molar-refractivity contribution is 7.80. The molecule has 1 aromatic heterocycles. The summed E-state index contributed by atoms with van der Waals surface area (Å²) in [5, 5.41) is 11.5. The predicted octanol–water partition coefficient (Wildman–Crippen LogP) is 5.60. The van der Waals surface area contributed by atoms with Gasteiger partial charge in [0.2, 0.25) is 0 Å². The number of fused-ring (bicyclic) bond motifs is 1. The van der Waals surface area contributed by atoms with Crippen molar-refractivity contribution >= 4 is 56.9 Å². The summed E-state index contributed by atoms with van der Waals surface area (Å²) in [6.45, 7) is 1.59. The van der Waals surface area contributed by atoms with Crippen LogP contribution in [-0.4, -0.2) is 28.4 Å². The van der Waals surface area contributed by atoms with E-state index in [1.165, 1.54) is 19.3 Å². The number of nitrogens with two attached hydrogens (primary N) is 1. The maximum atomic E-state index is 5.81. The number of rotatable bonds is 12. The van der Waals surface area contributed by atoms with Crippen molar-refractivity contribution in [1.82, 2.24) is 10.3 Å². The van der Waals surface area contributed by atoms with E-state index < -0.39 is 0 Å². The molecular formula is C25H31N5OS2. The number of anilines is 2. The van der Waals surface area contributed by atoms with Crippen molar-refractivity contribution in [2.24, 2.45) is 5.73 Å². The summed E-state index contributed by atoms with van der Waals surface area (Å²) in [5.41, 5.74) is 8.30. The lowest BCUT2D eigenvalue weighted by Gasteiger charge is -2.11. The minimum Gasteiger partial charge on any atom is -0.494 e. The molecule has 0 unspecified atom stereocenters. The van der Waals surface area contributed by atoms with Crippen molar-refractivity contribution in [3.05, 3.63) is 60.8 Å². The second-order valence-corrected chi connectivity index (χ2v) is 8.63. The third kappa shape index (κ3) is 9.19. The Balaban J connectivity index is 1.19. The van der Waals surface area contributed by atoms with Gasteiger partial charge in [0.05, 0.1) is 12.1 Å². The molecule has 33 heavy (non-hydrogen) atoms. The minimum absolute atomic E-state index is 0.253. The average Bonchev–Trinajstić information content (AvgIpc) is 2.80. The SMILES string of the molecule is NC(=S)Nc1cccc(OCCCCCCCCNC(=S)Nc2ccc3ncccc3c2)c1. The van der Waals surface area contributed by atoms with Crippen molar-refractivity contribution in [1.29, 1.82) is 0 Å². The molecule has 1 heterocycles. The average molecular weight is 482 g/mol. The summed E-state index contributed by atoms with van der Waals surface area (Å²) < 4.78 is 5.81. The fraction of sp³-hybridized carbons (Fsp3) is 0.320. The number of unbranched alkanes of at least 4 members (excludes halogenated alkanes) is 5. The van der Waals surface area contributed by atoms with Crippen LogP contribution in [0.1, 0.15) is 38.5 Å². The maximum absolute atomic E-state index is 5.81. The lowest BCUT2D eigenvalue weighted by molar-refractivity contribution is 0.304. The molecule has 0 bridgehead atoms. The number of pyridine rings is 1. The second kappa shape index (κ2) is 13.5. The Hall–Kier alpha value is -2.97. The highest BCUT2D eigenvalue weighted by atomic mass is 32.1. The molecule has 0 spiro atoms. The third-order valence-electron chi connectivity index (χ3n) is 5.09. The Morgan fingerprint density at radius 3 is 2.48 bits per heavy atom. The van der Waals surface area contributed by atoms with E-state index >= 15 is 0 Å². The number of benzene rings is 2. The van der Waals surface area contributed by atoms with Crippen LogP contribution in [-0.2, 0) is 0 Å². The monoisotopic (exact) mass is 481 g/mol. The molecule has 0 aliphatic rings. The summed E-state index contributed by atoms with van der Waals surface area (Å²) >= 11 is 10.3. The summed E-state index contributed by atoms with van der Waals surface area (Å²) in [6, 6.07) is 17.7. The molecule has 0 saturated heterocycles. The molecule has 174 valence electrons. The normalized spacial score (nSPS) is 10.5. The van der Waals surface area contributed by atoms with E-state index in [1.54, 1.807) is 6.20 Å². The number of ether oxygens (including phenoxy) is 1. The second-order valence-electron chi connectivity index (χ2n) is 7.78. The number of hydrogen-bond donors (Lipinski definition) is 4. The van der Waals surface area contributed by atoms with Gasteiger partial charge in [0.1, 0.15) is 5.75 Å². The minimum atomic E-state index is 0.253. The van der Waals surface area contributed by atoms with E-state index in [2.05, 4.69) is 27.0 Å². The van der Waals surface area contributed by atoms with E-state index in [4.69, 9.17) is 34.9 Å². The predicted molar refractivity (Wildman–Crippen MR) is 146 cm³/mol. The van der Waals surface area contributed by atoms with Crippen LogP contribution in [0.4, 0.5) is 11.4 Å². The van der Waals surface area contributed by atoms with Gasteiger partial charge in [-0.15, -0.1) is 0 Å². The zero-order valence-electron chi connectivity index (χ0n) is 18.7. The van der Waals surface area contributed by atoms with Gasteiger partial charge >= 0.3 is 0 Å². The molecule has 3 rings (SSSR count). The number of hydrogen-bond acceptors (Lipinski definition) is 4. The van der Waals surface area contributed by atoms with Crippen LogP contribution in [0.25, 0.3) is 10.9 Å². The molecule has 8 heteroatoms. The highest BCUT2D eigenvalue weighted by Gasteiger charge is 2.01. The van der Waals surface area contributed by atoms with Gasteiger partial charge in [0.25, 0.3) is 0 Å². The number of nitrogens with zero attached hydrogens (tertiary/aromatic N) is 1. The Labute approximate surface area is 206 Å². The molecule has 0 radical (unpaired) electrons. The summed E-state index contributed by atoms with van der Waals surface area (Å²) in [4.78, 5) is 4.34. The Kier molecular flexibility index (Phi) is 10.1. The Morgan fingerprint density at radius 2 is 1.64 bits per heavy atom. The van der Waals surface area contributed by atoms with Gasteiger partial charge in [0.15, 0.2) is 10.2 Å². The van der Waals surface area contributed by atoms with Crippen molar-refractivity contribution in [2.75, 3.05) is 23.8 Å². The summed E-state index contributed by atoms with van der Waals surface area (Å²) in [6.07, 6.45) is 8.71. The molecule has 2 aromatic carbocycles. The van der Waals surface area contributed by atoms with Crippen LogP contribution in [0.5, 0.6) is 5.75 Å². The number of nitrogens with one attached hydrogen (secondary N) is 3. The highest BCUT2D eigenvalue weighted by Crippen LogP contribution is 2.18. The lowest BCUT2D eigenvalue weighted by Crippen LogP contribution is -2.29. The van der Waals surface area contributed by atoms with Gasteiger partial charge in [-0.3, -0.25) is 4.98 Å². The quantitative estimate of drug-likeness (QED) is 0.197. The standard InChI is InChI=1S/C25H31N5OS2/c26-24(32)29-20-10-7-11-22(18-20)31-16-6-4-2-1-3-5-14-28-25(33)30-21-12-13-23-19(17-21)9-8-15-27-23/h7-13,15,17-18H,1-6,14,16H2,(H3,26,29,32)(H2,28,30,33). The molecule has 0 aliphatic heterocycles. The fourth-order valence-corrected chi connectivity index (χ4v) is 3.80. The van der Waals surface area contributed by atoms with Crippen molar-refractivity contribution in [2.45, 2.75) is 38.5 Å². The summed E-state index contributed by atoms with van der Waals surface area (Å²) in [7, 11) is 0. The Morgan fingerprint density at radius 1 is 0.848 bits per heavy atom. The molecular weight excluding hydrogens is 450 g/mol. The van der Waals surface area contributed by atoms with Crippen LogP contribution < -0.4 is 26.4 Å². The first kappa shape index (κ1) is 24.7. The van der Waals surface area contributed by atoms with Crippen LogP contribution in [0.15, 0.2) is 60.8 Å². The van der Waals surface area contributed by atoms with Gasteiger partial charge in [0, 0.05) is 35.6 Å². The first-order valence-corrected chi connectivity index (χ1v) is 12.1. The molecule has 6 nitrogen and oxygen atoms in total. The number of aromatic nitrogens is 1. The molecule has 0 fully saturated rings. The topological polar surface area (TPSA) is 84.2 Å². The molecule has 5 N–H and O–H groups in total. The molecule has 0 amide bonds. The summed E-state index contributed by atoms with van der Waals surface area (Å²) in [5.74, 6) is 0.826. The first-order chi connectivity index (χ1) is 16.1. The van der Waals surface area contributed by atoms with E-state index in [1.807, 2.05) is 48.5 Å². The smallest absolute Gasteiger partial charge is 0.170 e. The van der Waals surface area contributed by atoms with Gasteiger partial charge in [-0.2, -0.15) is 0 Å². The van der Waals surface area contributed by atoms with Crippen LogP contribution in [0.3, 0.4) is 0 Å². The molecule has 0 saturated carbocycles. The van der Waals surface area contributed by atoms with Gasteiger partial charge in [-0.05, 0) is 73.7 Å². The van der Waals surface area contributed by atoms with Gasteiger partial charge in [-0.25, -0.2) is 0 Å². The zero-order chi connectivity index (χ0) is 23.3. The van der Waals surface area contributed by atoms with Crippen molar-refractivity contribution in [3.8, 4) is 5.75 Å².